The number of aliphatic hydroxyl groups is 1. The minimum atomic E-state index is 0.302. The molecule has 2 aliphatic heterocycles. The summed E-state index contributed by atoms with van der Waals surface area (Å²) in [4.78, 5) is 6.31. The van der Waals surface area contributed by atoms with Crippen molar-refractivity contribution in [2.24, 2.45) is 11.8 Å². The van der Waals surface area contributed by atoms with Gasteiger partial charge in [0.05, 0.1) is 13.2 Å². The molecule has 0 amide bonds. The summed E-state index contributed by atoms with van der Waals surface area (Å²) in [6.45, 7) is 8.25. The highest BCUT2D eigenvalue weighted by atomic mass is 32.2. The number of morpholine rings is 1. The van der Waals surface area contributed by atoms with E-state index in [1.807, 2.05) is 0 Å². The van der Waals surface area contributed by atoms with Crippen molar-refractivity contribution in [2.75, 3.05) is 58.8 Å². The molecule has 0 bridgehead atoms. The zero-order valence-electron chi connectivity index (χ0n) is 14.0. The van der Waals surface area contributed by atoms with Crippen LogP contribution in [0.25, 0.3) is 0 Å². The van der Waals surface area contributed by atoms with E-state index in [9.17, 15) is 5.11 Å². The smallest absolute Gasteiger partial charge is 0.0594 e. The third kappa shape index (κ3) is 4.70. The Hall–Kier alpha value is -0.590. The van der Waals surface area contributed by atoms with Crippen molar-refractivity contribution in [3.8, 4) is 0 Å². The van der Waals surface area contributed by atoms with E-state index in [0.717, 1.165) is 52.5 Å². The lowest BCUT2D eigenvalue weighted by Crippen LogP contribution is -2.41. The van der Waals surface area contributed by atoms with Gasteiger partial charge in [-0.25, -0.2) is 0 Å². The van der Waals surface area contributed by atoms with Gasteiger partial charge < -0.3 is 9.84 Å². The van der Waals surface area contributed by atoms with E-state index < -0.39 is 0 Å². The third-order valence-corrected chi connectivity index (χ3v) is 5.79. The van der Waals surface area contributed by atoms with Crippen LogP contribution in [0.3, 0.4) is 0 Å². The molecule has 2 fully saturated rings. The Kier molecular flexibility index (Phi) is 6.36. The first-order chi connectivity index (χ1) is 11.3. The second-order valence-corrected chi connectivity index (χ2v) is 7.54. The average Bonchev–Trinajstić information content (AvgIpc) is 2.98. The van der Waals surface area contributed by atoms with Crippen molar-refractivity contribution in [1.82, 2.24) is 9.80 Å². The fourth-order valence-corrected chi connectivity index (χ4v) is 4.09. The Bertz CT molecular complexity index is 476. The highest BCUT2D eigenvalue weighted by Crippen LogP contribution is 2.26. The molecule has 5 heteroatoms. The number of likely N-dealkylation sites (tertiary alicyclic amines) is 1. The van der Waals surface area contributed by atoms with Crippen LogP contribution in [0, 0.1) is 11.8 Å². The predicted molar refractivity (Wildman–Crippen MR) is 94.8 cm³/mol. The first kappa shape index (κ1) is 17.2. The quantitative estimate of drug-likeness (QED) is 0.802. The van der Waals surface area contributed by atoms with Gasteiger partial charge in [0, 0.05) is 50.8 Å². The van der Waals surface area contributed by atoms with Gasteiger partial charge >= 0.3 is 0 Å². The average molecular weight is 337 g/mol. The molecule has 2 unspecified atom stereocenters. The predicted octanol–water partition coefficient (Wildman–Crippen LogP) is 1.78. The topological polar surface area (TPSA) is 35.9 Å². The normalized spacial score (nSPS) is 26.7. The maximum atomic E-state index is 9.75. The van der Waals surface area contributed by atoms with E-state index in [1.54, 1.807) is 11.8 Å². The van der Waals surface area contributed by atoms with Crippen molar-refractivity contribution in [1.29, 1.82) is 0 Å². The number of thioether (sulfide) groups is 1. The third-order valence-electron chi connectivity index (χ3n) is 5.05. The van der Waals surface area contributed by atoms with E-state index in [1.165, 1.54) is 10.5 Å². The molecule has 0 aliphatic carbocycles. The zero-order valence-corrected chi connectivity index (χ0v) is 14.8. The van der Waals surface area contributed by atoms with Crippen LogP contribution in [0.1, 0.15) is 5.56 Å². The van der Waals surface area contributed by atoms with Crippen molar-refractivity contribution in [3.63, 3.8) is 0 Å². The molecule has 2 saturated heterocycles. The Morgan fingerprint density at radius 1 is 1.09 bits per heavy atom. The maximum Gasteiger partial charge on any atom is 0.0594 e. The van der Waals surface area contributed by atoms with Gasteiger partial charge in [-0.3, -0.25) is 9.80 Å². The van der Waals surface area contributed by atoms with Crippen LogP contribution in [0.15, 0.2) is 29.2 Å². The standard InChI is InChI=1S/C18H28N2O2S/c1-23-18-4-2-15(3-5-18)10-20-12-16(17(13-20)14-21)11-19-6-8-22-9-7-19/h2-5,16-17,21H,6-14H2,1H3. The number of hydrogen-bond donors (Lipinski definition) is 1. The molecule has 0 aromatic heterocycles. The van der Waals surface area contributed by atoms with Crippen LogP contribution in [-0.4, -0.2) is 73.7 Å². The molecule has 2 aliphatic rings. The van der Waals surface area contributed by atoms with Gasteiger partial charge in [0.25, 0.3) is 0 Å². The number of ether oxygens (including phenoxy) is 1. The van der Waals surface area contributed by atoms with E-state index in [4.69, 9.17) is 4.74 Å². The second-order valence-electron chi connectivity index (χ2n) is 6.66. The van der Waals surface area contributed by atoms with E-state index in [-0.39, 0.29) is 0 Å². The molecule has 1 aromatic carbocycles. The summed E-state index contributed by atoms with van der Waals surface area (Å²) in [5, 5.41) is 9.75. The first-order valence-corrected chi connectivity index (χ1v) is 9.77. The van der Waals surface area contributed by atoms with Gasteiger partial charge in [0.1, 0.15) is 0 Å². The Morgan fingerprint density at radius 3 is 2.43 bits per heavy atom. The SMILES string of the molecule is CSc1ccc(CN2CC(CO)C(CN3CCOCC3)C2)cc1. The Morgan fingerprint density at radius 2 is 1.78 bits per heavy atom. The lowest BCUT2D eigenvalue weighted by atomic mass is 9.96. The van der Waals surface area contributed by atoms with Crippen LogP contribution in [-0.2, 0) is 11.3 Å². The second kappa shape index (κ2) is 8.49. The van der Waals surface area contributed by atoms with Gasteiger partial charge in [-0.15, -0.1) is 11.8 Å². The minimum Gasteiger partial charge on any atom is -0.396 e. The molecule has 2 atom stereocenters. The van der Waals surface area contributed by atoms with E-state index in [2.05, 4.69) is 40.3 Å². The number of aliphatic hydroxyl groups excluding tert-OH is 1. The van der Waals surface area contributed by atoms with Gasteiger partial charge in [-0.05, 0) is 35.8 Å². The summed E-state index contributed by atoms with van der Waals surface area (Å²) < 4.78 is 5.43. The van der Waals surface area contributed by atoms with Crippen LogP contribution < -0.4 is 0 Å². The highest BCUT2D eigenvalue weighted by molar-refractivity contribution is 7.98. The van der Waals surface area contributed by atoms with Gasteiger partial charge in [0.2, 0.25) is 0 Å². The fraction of sp³-hybridized carbons (Fsp3) is 0.667. The molecule has 23 heavy (non-hydrogen) atoms. The van der Waals surface area contributed by atoms with E-state index in [0.29, 0.717) is 18.4 Å². The monoisotopic (exact) mass is 336 g/mol. The van der Waals surface area contributed by atoms with Gasteiger partial charge in [-0.1, -0.05) is 12.1 Å². The number of nitrogens with zero attached hydrogens (tertiary/aromatic N) is 2. The first-order valence-electron chi connectivity index (χ1n) is 8.54. The highest BCUT2D eigenvalue weighted by Gasteiger charge is 2.33. The Balaban J connectivity index is 1.54. The fourth-order valence-electron chi connectivity index (χ4n) is 3.68. The molecule has 128 valence electrons. The molecule has 0 radical (unpaired) electrons. The molecule has 0 spiro atoms. The number of rotatable bonds is 6. The van der Waals surface area contributed by atoms with Crippen LogP contribution in [0.5, 0.6) is 0 Å². The zero-order chi connectivity index (χ0) is 16.1. The molecule has 2 heterocycles. The molecule has 1 N–H and O–H groups in total. The summed E-state index contributed by atoms with van der Waals surface area (Å²) >= 11 is 1.78. The Labute approximate surface area is 143 Å². The lowest BCUT2D eigenvalue weighted by Gasteiger charge is -2.30. The summed E-state index contributed by atoms with van der Waals surface area (Å²) in [5.41, 5.74) is 1.37. The van der Waals surface area contributed by atoms with Gasteiger partial charge in [0.15, 0.2) is 0 Å². The minimum absolute atomic E-state index is 0.302. The summed E-state index contributed by atoms with van der Waals surface area (Å²) in [6, 6.07) is 8.86. The summed E-state index contributed by atoms with van der Waals surface area (Å²) in [5.74, 6) is 0.979. The number of benzene rings is 1. The van der Waals surface area contributed by atoms with Crippen LogP contribution >= 0.6 is 11.8 Å². The van der Waals surface area contributed by atoms with Crippen molar-refractivity contribution in [2.45, 2.75) is 11.4 Å². The van der Waals surface area contributed by atoms with Crippen LogP contribution in [0.2, 0.25) is 0 Å². The van der Waals surface area contributed by atoms with Gasteiger partial charge in [-0.2, -0.15) is 0 Å². The maximum absolute atomic E-state index is 9.75. The molecule has 1 aromatic rings. The van der Waals surface area contributed by atoms with Crippen molar-refractivity contribution >= 4 is 11.8 Å². The van der Waals surface area contributed by atoms with Crippen LogP contribution in [0.4, 0.5) is 0 Å². The lowest BCUT2D eigenvalue weighted by molar-refractivity contribution is 0.0264. The molecular weight excluding hydrogens is 308 g/mol. The van der Waals surface area contributed by atoms with E-state index >= 15 is 0 Å². The molecule has 0 saturated carbocycles. The molecular formula is C18H28N2O2S. The molecule has 4 nitrogen and oxygen atoms in total. The number of hydrogen-bond acceptors (Lipinski definition) is 5. The van der Waals surface area contributed by atoms with Crippen molar-refractivity contribution < 1.29 is 9.84 Å². The summed E-state index contributed by atoms with van der Waals surface area (Å²) in [7, 11) is 0. The largest absolute Gasteiger partial charge is 0.396 e. The molecule has 3 rings (SSSR count). The van der Waals surface area contributed by atoms with Crippen molar-refractivity contribution in [3.05, 3.63) is 29.8 Å². The summed E-state index contributed by atoms with van der Waals surface area (Å²) in [6.07, 6.45) is 2.11.